The molecule has 0 aromatic carbocycles. The fraction of sp³-hybridized carbons (Fsp3) is 1.00. The highest BCUT2D eigenvalue weighted by Crippen LogP contribution is 2.14. The van der Waals surface area contributed by atoms with Crippen LogP contribution < -0.4 is 5.73 Å². The summed E-state index contributed by atoms with van der Waals surface area (Å²) in [5, 5.41) is 0. The molecule has 0 spiro atoms. The van der Waals surface area contributed by atoms with Gasteiger partial charge in [-0.25, -0.2) is 0 Å². The van der Waals surface area contributed by atoms with Crippen molar-refractivity contribution in [1.82, 2.24) is 4.90 Å². The highest BCUT2D eigenvalue weighted by molar-refractivity contribution is 4.71. The molecule has 0 radical (unpaired) electrons. The smallest absolute Gasteiger partial charge is 0.00242 e. The normalized spacial score (nSPS) is 14.2. The van der Waals surface area contributed by atoms with Crippen LogP contribution in [0, 0.1) is 23.7 Å². The summed E-state index contributed by atoms with van der Waals surface area (Å²) in [6.45, 7) is 18.3. The van der Waals surface area contributed by atoms with Crippen LogP contribution in [0.3, 0.4) is 0 Å². The summed E-state index contributed by atoms with van der Waals surface area (Å²) in [6.07, 6.45) is 2.60. The molecule has 1 atom stereocenters. The monoisotopic (exact) mass is 256 g/mol. The lowest BCUT2D eigenvalue weighted by molar-refractivity contribution is 0.187. The van der Waals surface area contributed by atoms with E-state index in [0.29, 0.717) is 11.8 Å². The van der Waals surface area contributed by atoms with Crippen molar-refractivity contribution in [2.75, 3.05) is 26.2 Å². The third-order valence-corrected chi connectivity index (χ3v) is 3.78. The average molecular weight is 256 g/mol. The Kier molecular flexibility index (Phi) is 9.76. The van der Waals surface area contributed by atoms with Crippen molar-refractivity contribution in [2.24, 2.45) is 29.4 Å². The first-order valence-electron chi connectivity index (χ1n) is 7.79. The summed E-state index contributed by atoms with van der Waals surface area (Å²) in [4.78, 5) is 2.64. The van der Waals surface area contributed by atoms with E-state index in [2.05, 4.69) is 46.4 Å². The molecule has 0 aliphatic rings. The Morgan fingerprint density at radius 2 is 1.28 bits per heavy atom. The van der Waals surface area contributed by atoms with E-state index in [1.54, 1.807) is 0 Å². The summed E-state index contributed by atoms with van der Waals surface area (Å²) in [7, 11) is 0. The Balaban J connectivity index is 4.25. The second-order valence-corrected chi connectivity index (χ2v) is 6.91. The van der Waals surface area contributed by atoms with Crippen molar-refractivity contribution in [1.29, 1.82) is 0 Å². The lowest BCUT2D eigenvalue weighted by Gasteiger charge is -2.30. The zero-order chi connectivity index (χ0) is 14.1. The maximum Gasteiger partial charge on any atom is 0.00242 e. The summed E-state index contributed by atoms with van der Waals surface area (Å²) in [6, 6.07) is 0. The van der Waals surface area contributed by atoms with Crippen molar-refractivity contribution in [3.63, 3.8) is 0 Å². The molecule has 1 unspecified atom stereocenters. The van der Waals surface area contributed by atoms with E-state index in [1.807, 2.05) is 0 Å². The Morgan fingerprint density at radius 3 is 1.56 bits per heavy atom. The molecule has 0 aromatic rings. The Morgan fingerprint density at radius 1 is 0.833 bits per heavy atom. The SMILES string of the molecule is CC(C)CCN(CCC(C)C)CC(CN)C(C)C. The van der Waals surface area contributed by atoms with Gasteiger partial charge in [0.15, 0.2) is 0 Å². The highest BCUT2D eigenvalue weighted by Gasteiger charge is 2.16. The second kappa shape index (κ2) is 9.80. The maximum atomic E-state index is 5.91. The zero-order valence-electron chi connectivity index (χ0n) is 13.6. The van der Waals surface area contributed by atoms with Gasteiger partial charge in [0.25, 0.3) is 0 Å². The van der Waals surface area contributed by atoms with Gasteiger partial charge >= 0.3 is 0 Å². The minimum Gasteiger partial charge on any atom is -0.330 e. The Hall–Kier alpha value is -0.0800. The predicted molar refractivity (Wildman–Crippen MR) is 82.7 cm³/mol. The molecule has 0 saturated carbocycles. The molecule has 0 fully saturated rings. The molecule has 110 valence electrons. The van der Waals surface area contributed by atoms with Crippen molar-refractivity contribution in [3.8, 4) is 0 Å². The van der Waals surface area contributed by atoms with Crippen LogP contribution >= 0.6 is 0 Å². The topological polar surface area (TPSA) is 29.3 Å². The van der Waals surface area contributed by atoms with Gasteiger partial charge in [-0.3, -0.25) is 0 Å². The van der Waals surface area contributed by atoms with Crippen LogP contribution in [0.4, 0.5) is 0 Å². The Bertz CT molecular complexity index is 176. The fourth-order valence-corrected chi connectivity index (χ4v) is 2.07. The van der Waals surface area contributed by atoms with Gasteiger partial charge in [0.1, 0.15) is 0 Å². The zero-order valence-corrected chi connectivity index (χ0v) is 13.6. The quantitative estimate of drug-likeness (QED) is 0.647. The van der Waals surface area contributed by atoms with Crippen LogP contribution in [0.25, 0.3) is 0 Å². The van der Waals surface area contributed by atoms with Crippen LogP contribution in [-0.4, -0.2) is 31.1 Å². The second-order valence-electron chi connectivity index (χ2n) is 6.91. The van der Waals surface area contributed by atoms with Crippen LogP contribution in [0.5, 0.6) is 0 Å². The molecule has 0 aromatic heterocycles. The van der Waals surface area contributed by atoms with E-state index in [9.17, 15) is 0 Å². The molecule has 0 aliphatic carbocycles. The van der Waals surface area contributed by atoms with Crippen LogP contribution in [0.2, 0.25) is 0 Å². The third-order valence-electron chi connectivity index (χ3n) is 3.78. The fourth-order valence-electron chi connectivity index (χ4n) is 2.07. The van der Waals surface area contributed by atoms with Crippen LogP contribution in [-0.2, 0) is 0 Å². The largest absolute Gasteiger partial charge is 0.330 e. The van der Waals surface area contributed by atoms with E-state index >= 15 is 0 Å². The van der Waals surface area contributed by atoms with Crippen LogP contribution in [0.15, 0.2) is 0 Å². The lowest BCUT2D eigenvalue weighted by Crippen LogP contribution is -2.37. The van der Waals surface area contributed by atoms with Crippen molar-refractivity contribution in [3.05, 3.63) is 0 Å². The first-order chi connectivity index (χ1) is 8.36. The molecule has 2 nitrogen and oxygen atoms in total. The van der Waals surface area contributed by atoms with Gasteiger partial charge in [0.2, 0.25) is 0 Å². The van der Waals surface area contributed by atoms with Crippen LogP contribution in [0.1, 0.15) is 54.4 Å². The van der Waals surface area contributed by atoms with Gasteiger partial charge < -0.3 is 10.6 Å². The molecule has 0 heterocycles. The molecule has 0 bridgehead atoms. The molecular weight excluding hydrogens is 220 g/mol. The van der Waals surface area contributed by atoms with E-state index in [0.717, 1.165) is 18.4 Å². The molecule has 18 heavy (non-hydrogen) atoms. The summed E-state index contributed by atoms with van der Waals surface area (Å²) in [5.41, 5.74) is 5.91. The number of rotatable bonds is 10. The summed E-state index contributed by atoms with van der Waals surface area (Å²) in [5.74, 6) is 2.92. The molecule has 2 N–H and O–H groups in total. The van der Waals surface area contributed by atoms with Gasteiger partial charge in [-0.2, -0.15) is 0 Å². The van der Waals surface area contributed by atoms with Crippen molar-refractivity contribution >= 4 is 0 Å². The first-order valence-corrected chi connectivity index (χ1v) is 7.79. The minimum atomic E-state index is 0.643. The number of nitrogens with zero attached hydrogens (tertiary/aromatic N) is 1. The first kappa shape index (κ1) is 17.9. The molecule has 0 saturated heterocycles. The average Bonchev–Trinajstić information content (AvgIpc) is 2.27. The van der Waals surface area contributed by atoms with E-state index in [-0.39, 0.29) is 0 Å². The van der Waals surface area contributed by atoms with Gasteiger partial charge in [0, 0.05) is 6.54 Å². The maximum absolute atomic E-state index is 5.91. The number of nitrogens with two attached hydrogens (primary N) is 1. The minimum absolute atomic E-state index is 0.643. The predicted octanol–water partition coefficient (Wildman–Crippen LogP) is 3.61. The molecule has 2 heteroatoms. The van der Waals surface area contributed by atoms with E-state index in [4.69, 9.17) is 5.73 Å². The summed E-state index contributed by atoms with van der Waals surface area (Å²) < 4.78 is 0. The van der Waals surface area contributed by atoms with Gasteiger partial charge in [-0.1, -0.05) is 41.5 Å². The number of hydrogen-bond donors (Lipinski definition) is 1. The van der Waals surface area contributed by atoms with E-state index < -0.39 is 0 Å². The molecular formula is C16H36N2. The molecule has 0 aliphatic heterocycles. The van der Waals surface area contributed by atoms with E-state index in [1.165, 1.54) is 32.5 Å². The molecule has 0 amide bonds. The van der Waals surface area contributed by atoms with Crippen molar-refractivity contribution < 1.29 is 0 Å². The summed E-state index contributed by atoms with van der Waals surface area (Å²) >= 11 is 0. The third kappa shape index (κ3) is 8.93. The van der Waals surface area contributed by atoms with Gasteiger partial charge in [-0.05, 0) is 56.1 Å². The van der Waals surface area contributed by atoms with Crippen molar-refractivity contribution in [2.45, 2.75) is 54.4 Å². The molecule has 0 rings (SSSR count). The Labute approximate surface area is 115 Å². The lowest BCUT2D eigenvalue weighted by atomic mass is 9.95. The highest BCUT2D eigenvalue weighted by atomic mass is 15.1. The number of hydrogen-bond acceptors (Lipinski definition) is 2. The van der Waals surface area contributed by atoms with Gasteiger partial charge in [0.05, 0.1) is 0 Å². The standard InChI is InChI=1S/C16H36N2/c1-13(2)7-9-18(10-8-14(3)4)12-16(11-17)15(5)6/h13-16H,7-12,17H2,1-6H3. The van der Waals surface area contributed by atoms with Gasteiger partial charge in [-0.15, -0.1) is 0 Å².